The Hall–Kier alpha value is -2.45. The van der Waals surface area contributed by atoms with Crippen molar-refractivity contribution in [2.45, 2.75) is 32.9 Å². The molecule has 2 aromatic rings. The minimum atomic E-state index is -4.64. The maximum absolute atomic E-state index is 12.8. The van der Waals surface area contributed by atoms with Gasteiger partial charge in [-0.2, -0.15) is 13.2 Å². The van der Waals surface area contributed by atoms with Crippen LogP contribution in [-0.4, -0.2) is 21.0 Å². The molecule has 0 fully saturated rings. The molecule has 0 unspecified atom stereocenters. The first kappa shape index (κ1) is 15.9. The van der Waals surface area contributed by atoms with Crippen LogP contribution in [0.3, 0.4) is 0 Å². The highest BCUT2D eigenvalue weighted by Gasteiger charge is 2.39. The minimum absolute atomic E-state index is 0.0138. The fraction of sp³-hybridized carbons (Fsp3) is 0.385. The Labute approximate surface area is 123 Å². The van der Waals surface area contributed by atoms with Crippen molar-refractivity contribution in [1.82, 2.24) is 15.1 Å². The van der Waals surface area contributed by atoms with Crippen molar-refractivity contribution < 1.29 is 22.5 Å². The van der Waals surface area contributed by atoms with Gasteiger partial charge in [0.05, 0.1) is 11.3 Å². The van der Waals surface area contributed by atoms with Crippen LogP contribution in [0.4, 0.5) is 19.1 Å². The summed E-state index contributed by atoms with van der Waals surface area (Å²) < 4.78 is 43.0. The normalized spacial score (nSPS) is 11.5. The fourth-order valence-electron chi connectivity index (χ4n) is 1.95. The highest BCUT2D eigenvalue weighted by atomic mass is 19.4. The predicted octanol–water partition coefficient (Wildman–Crippen LogP) is 2.86. The van der Waals surface area contributed by atoms with Gasteiger partial charge >= 0.3 is 6.18 Å². The number of aromatic nitrogens is 3. The van der Waals surface area contributed by atoms with Gasteiger partial charge in [0.25, 0.3) is 5.91 Å². The van der Waals surface area contributed by atoms with Crippen molar-refractivity contribution in [3.05, 3.63) is 35.0 Å². The molecule has 9 heteroatoms. The largest absolute Gasteiger partial charge is 0.437 e. The topological polar surface area (TPSA) is 80.9 Å². The van der Waals surface area contributed by atoms with Crippen LogP contribution < -0.4 is 5.32 Å². The van der Waals surface area contributed by atoms with Crippen molar-refractivity contribution in [2.24, 2.45) is 0 Å². The molecule has 2 aromatic heterocycles. The average Bonchev–Trinajstić information content (AvgIpc) is 2.89. The number of carbonyl (C=O) groups excluding carboxylic acids is 1. The number of hydrogen-bond acceptors (Lipinski definition) is 5. The van der Waals surface area contributed by atoms with Gasteiger partial charge in [-0.05, 0) is 12.8 Å². The van der Waals surface area contributed by atoms with Gasteiger partial charge in [-0.25, -0.2) is 9.97 Å². The molecule has 0 aliphatic rings. The number of hydrogen-bond donors (Lipinski definition) is 1. The predicted molar refractivity (Wildman–Crippen MR) is 70.2 cm³/mol. The van der Waals surface area contributed by atoms with Crippen molar-refractivity contribution in [3.8, 4) is 0 Å². The maximum atomic E-state index is 12.8. The summed E-state index contributed by atoms with van der Waals surface area (Å²) in [6.45, 7) is 3.31. The first-order valence-corrected chi connectivity index (χ1v) is 6.54. The number of amides is 1. The number of nitrogens with zero attached hydrogens (tertiary/aromatic N) is 3. The lowest BCUT2D eigenvalue weighted by atomic mass is 10.1. The van der Waals surface area contributed by atoms with E-state index in [9.17, 15) is 18.0 Å². The summed E-state index contributed by atoms with van der Waals surface area (Å²) in [5, 5.41) is 5.30. The minimum Gasteiger partial charge on any atom is -0.338 e. The van der Waals surface area contributed by atoms with Crippen molar-refractivity contribution in [3.63, 3.8) is 0 Å². The third-order valence-electron chi connectivity index (χ3n) is 3.01. The molecule has 2 rings (SSSR count). The van der Waals surface area contributed by atoms with E-state index in [1.807, 2.05) is 0 Å². The van der Waals surface area contributed by atoms with Gasteiger partial charge in [-0.3, -0.25) is 10.1 Å². The second-order valence-electron chi connectivity index (χ2n) is 4.38. The van der Waals surface area contributed by atoms with Crippen LogP contribution in [0.2, 0.25) is 0 Å². The Morgan fingerprint density at radius 3 is 2.64 bits per heavy atom. The quantitative estimate of drug-likeness (QED) is 0.938. The summed E-state index contributed by atoms with van der Waals surface area (Å²) in [5.41, 5.74) is -0.667. The van der Waals surface area contributed by atoms with E-state index >= 15 is 0 Å². The molecule has 0 radical (unpaired) electrons. The molecule has 6 nitrogen and oxygen atoms in total. The summed E-state index contributed by atoms with van der Waals surface area (Å²) in [4.78, 5) is 19.9. The second-order valence-corrected chi connectivity index (χ2v) is 4.38. The smallest absolute Gasteiger partial charge is 0.338 e. The molecule has 0 aliphatic heterocycles. The molecule has 22 heavy (non-hydrogen) atoms. The van der Waals surface area contributed by atoms with E-state index in [0.717, 1.165) is 0 Å². The molecule has 0 atom stereocenters. The summed E-state index contributed by atoms with van der Waals surface area (Å²) in [5.74, 6) is -0.956. The Morgan fingerprint density at radius 1 is 1.32 bits per heavy atom. The van der Waals surface area contributed by atoms with Gasteiger partial charge in [0.2, 0.25) is 5.88 Å². The highest BCUT2D eigenvalue weighted by molar-refractivity contribution is 6.04. The SMILES string of the molecule is CCc1ncncc1C(=O)Nc1onc(C(F)(F)F)c1CC. The lowest BCUT2D eigenvalue weighted by Crippen LogP contribution is -2.16. The van der Waals surface area contributed by atoms with Crippen LogP contribution >= 0.6 is 0 Å². The van der Waals surface area contributed by atoms with Gasteiger partial charge in [0.15, 0.2) is 5.69 Å². The lowest BCUT2D eigenvalue weighted by Gasteiger charge is -2.07. The second kappa shape index (κ2) is 6.12. The van der Waals surface area contributed by atoms with E-state index in [-0.39, 0.29) is 23.4 Å². The molecule has 0 spiro atoms. The van der Waals surface area contributed by atoms with E-state index in [0.29, 0.717) is 12.1 Å². The Bertz CT molecular complexity index is 682. The first-order chi connectivity index (χ1) is 10.4. The van der Waals surface area contributed by atoms with Gasteiger partial charge < -0.3 is 4.52 Å². The zero-order chi connectivity index (χ0) is 16.3. The van der Waals surface area contributed by atoms with Crippen LogP contribution in [0.1, 0.15) is 41.2 Å². The van der Waals surface area contributed by atoms with E-state index in [1.54, 1.807) is 6.92 Å². The lowest BCUT2D eigenvalue weighted by molar-refractivity contribution is -0.143. The maximum Gasteiger partial charge on any atom is 0.437 e. The molecule has 0 aromatic carbocycles. The monoisotopic (exact) mass is 314 g/mol. The third kappa shape index (κ3) is 3.07. The molecular formula is C13H13F3N4O2. The van der Waals surface area contributed by atoms with Crippen molar-refractivity contribution >= 4 is 11.8 Å². The van der Waals surface area contributed by atoms with E-state index in [1.165, 1.54) is 19.4 Å². The zero-order valence-corrected chi connectivity index (χ0v) is 11.9. The Morgan fingerprint density at radius 2 is 2.05 bits per heavy atom. The van der Waals surface area contributed by atoms with Crippen molar-refractivity contribution in [1.29, 1.82) is 0 Å². The number of carbonyl (C=O) groups is 1. The fourth-order valence-corrected chi connectivity index (χ4v) is 1.95. The molecule has 2 heterocycles. The van der Waals surface area contributed by atoms with Crippen LogP contribution in [0.5, 0.6) is 0 Å². The van der Waals surface area contributed by atoms with Crippen LogP contribution in [-0.2, 0) is 19.0 Å². The van der Waals surface area contributed by atoms with Gasteiger partial charge in [-0.1, -0.05) is 19.0 Å². The third-order valence-corrected chi connectivity index (χ3v) is 3.01. The Kier molecular flexibility index (Phi) is 4.43. The van der Waals surface area contributed by atoms with Crippen molar-refractivity contribution in [2.75, 3.05) is 5.32 Å². The van der Waals surface area contributed by atoms with E-state index < -0.39 is 17.8 Å². The average molecular weight is 314 g/mol. The summed E-state index contributed by atoms with van der Waals surface area (Å²) >= 11 is 0. The van der Waals surface area contributed by atoms with Gasteiger partial charge in [-0.15, -0.1) is 0 Å². The molecule has 0 saturated heterocycles. The number of anilines is 1. The van der Waals surface area contributed by atoms with E-state index in [2.05, 4.69) is 25.0 Å². The number of nitrogens with one attached hydrogen (secondary N) is 1. The van der Waals surface area contributed by atoms with Gasteiger partial charge in [0, 0.05) is 11.8 Å². The summed E-state index contributed by atoms with van der Waals surface area (Å²) in [6, 6.07) is 0. The number of rotatable bonds is 4. The van der Waals surface area contributed by atoms with Crippen LogP contribution in [0, 0.1) is 0 Å². The Balaban J connectivity index is 2.31. The summed E-state index contributed by atoms with van der Waals surface area (Å²) in [6.07, 6.45) is -1.55. The van der Waals surface area contributed by atoms with Gasteiger partial charge in [0.1, 0.15) is 6.33 Å². The molecule has 1 N–H and O–H groups in total. The molecule has 1 amide bonds. The number of halogens is 3. The highest BCUT2D eigenvalue weighted by Crippen LogP contribution is 2.34. The summed E-state index contributed by atoms with van der Waals surface area (Å²) in [7, 11) is 0. The molecule has 0 aliphatic carbocycles. The van der Waals surface area contributed by atoms with Crippen LogP contribution in [0.25, 0.3) is 0 Å². The molecule has 0 bridgehead atoms. The standard InChI is InChI=1S/C13H13F3N4O2/c1-3-7-10(13(14,15)16)20-22-12(7)19-11(21)8-5-17-6-18-9(8)4-2/h5-6H,3-4H2,1-2H3,(H,19,21). The molecule has 0 saturated carbocycles. The number of alkyl halides is 3. The molecular weight excluding hydrogens is 301 g/mol. The number of aryl methyl sites for hydroxylation is 1. The van der Waals surface area contributed by atoms with E-state index in [4.69, 9.17) is 0 Å². The zero-order valence-electron chi connectivity index (χ0n) is 11.9. The molecule has 118 valence electrons. The first-order valence-electron chi connectivity index (χ1n) is 6.54. The van der Waals surface area contributed by atoms with Crippen LogP contribution in [0.15, 0.2) is 17.0 Å².